The number of halogens is 4. The molecule has 0 atom stereocenters. The average Bonchev–Trinajstić information content (AvgIpc) is 2.01. The van der Waals surface area contributed by atoms with Gasteiger partial charge >= 0.3 is 6.18 Å². The second kappa shape index (κ2) is 7.41. The quantitative estimate of drug-likeness (QED) is 0.484. The molecule has 0 aliphatic rings. The van der Waals surface area contributed by atoms with E-state index in [4.69, 9.17) is 16.3 Å². The van der Waals surface area contributed by atoms with Crippen LogP contribution in [0.15, 0.2) is 0 Å². The van der Waals surface area contributed by atoms with Gasteiger partial charge in [-0.2, -0.15) is 13.2 Å². The summed E-state index contributed by atoms with van der Waals surface area (Å²) in [6.07, 6.45) is -5.06. The van der Waals surface area contributed by atoms with Gasteiger partial charge in [-0.05, 0) is 0 Å². The van der Waals surface area contributed by atoms with Crippen molar-refractivity contribution in [2.75, 3.05) is 32.3 Å². The van der Waals surface area contributed by atoms with Crippen LogP contribution in [0.3, 0.4) is 0 Å². The van der Waals surface area contributed by atoms with Crippen LogP contribution in [0.25, 0.3) is 0 Å². The molecule has 0 aliphatic heterocycles. The smallest absolute Gasteiger partial charge is 0.379 e. The molecule has 2 nitrogen and oxygen atoms in total. The number of alkyl halides is 4. The molecule has 6 heteroatoms. The Morgan fingerprint density at radius 2 is 1.46 bits per heavy atom. The van der Waals surface area contributed by atoms with Gasteiger partial charge in [0.05, 0.1) is 32.8 Å². The van der Waals surface area contributed by atoms with E-state index in [0.717, 1.165) is 0 Å². The van der Waals surface area contributed by atoms with Gasteiger partial charge in [0.2, 0.25) is 0 Å². The monoisotopic (exact) mass is 220 g/mol. The summed E-state index contributed by atoms with van der Waals surface area (Å²) in [5, 5.41) is 0. The summed E-state index contributed by atoms with van der Waals surface area (Å²) < 4.78 is 44.2. The predicted molar refractivity (Wildman–Crippen MR) is 43.0 cm³/mol. The number of hydrogen-bond donors (Lipinski definition) is 0. The fourth-order valence-corrected chi connectivity index (χ4v) is 0.674. The molecule has 0 N–H and O–H groups in total. The lowest BCUT2D eigenvalue weighted by molar-refractivity contribution is -0.146. The Balaban J connectivity index is 3.00. The molecule has 0 bridgehead atoms. The lowest BCUT2D eigenvalue weighted by Gasteiger charge is -2.06. The highest BCUT2D eigenvalue weighted by atomic mass is 35.5. The van der Waals surface area contributed by atoms with Crippen molar-refractivity contribution in [3.8, 4) is 0 Å². The summed E-state index contributed by atoms with van der Waals surface area (Å²) in [7, 11) is 0. The van der Waals surface area contributed by atoms with Gasteiger partial charge in [0, 0.05) is 5.88 Å². The molecule has 0 spiro atoms. The number of ether oxygens (including phenoxy) is 2. The topological polar surface area (TPSA) is 18.5 Å². The van der Waals surface area contributed by atoms with Crippen LogP contribution in [-0.4, -0.2) is 38.5 Å². The van der Waals surface area contributed by atoms with Gasteiger partial charge < -0.3 is 9.47 Å². The molecule has 0 fully saturated rings. The van der Waals surface area contributed by atoms with E-state index < -0.39 is 12.6 Å². The summed E-state index contributed by atoms with van der Waals surface area (Å²) in [5.41, 5.74) is 0. The van der Waals surface area contributed by atoms with Crippen molar-refractivity contribution in [2.24, 2.45) is 0 Å². The minimum Gasteiger partial charge on any atom is -0.379 e. The van der Waals surface area contributed by atoms with E-state index in [9.17, 15) is 13.2 Å². The lowest BCUT2D eigenvalue weighted by atomic mass is 10.4. The van der Waals surface area contributed by atoms with Crippen molar-refractivity contribution in [1.29, 1.82) is 0 Å². The van der Waals surface area contributed by atoms with Gasteiger partial charge in [-0.1, -0.05) is 0 Å². The first-order valence-corrected chi connectivity index (χ1v) is 4.38. The van der Waals surface area contributed by atoms with Gasteiger partial charge in [0.1, 0.15) is 0 Å². The zero-order chi connectivity index (χ0) is 10.2. The van der Waals surface area contributed by atoms with Crippen LogP contribution >= 0.6 is 11.6 Å². The first kappa shape index (κ1) is 13.0. The molecule has 0 aromatic rings. The van der Waals surface area contributed by atoms with Crippen LogP contribution in [0.1, 0.15) is 6.42 Å². The van der Waals surface area contributed by atoms with Crippen LogP contribution in [0.5, 0.6) is 0 Å². The Morgan fingerprint density at radius 1 is 0.923 bits per heavy atom. The molecular weight excluding hydrogens is 209 g/mol. The lowest BCUT2D eigenvalue weighted by Crippen LogP contribution is -2.13. The normalized spacial score (nSPS) is 12.0. The number of hydrogen-bond acceptors (Lipinski definition) is 2. The maximum absolute atomic E-state index is 11.6. The Labute approximate surface area is 80.0 Å². The van der Waals surface area contributed by atoms with E-state index >= 15 is 0 Å². The van der Waals surface area contributed by atoms with Crippen LogP contribution < -0.4 is 0 Å². The fourth-order valence-electron chi connectivity index (χ4n) is 0.564. The summed E-state index contributed by atoms with van der Waals surface area (Å²) in [6.45, 7) is 0.537. The first-order valence-electron chi connectivity index (χ1n) is 3.84. The standard InChI is InChI=1S/C7H12ClF3O2/c8-2-4-13-6-5-12-3-1-7(9,10)11/h1-6H2. The third-order valence-electron chi connectivity index (χ3n) is 1.12. The van der Waals surface area contributed by atoms with E-state index in [1.807, 2.05) is 0 Å². The highest BCUT2D eigenvalue weighted by molar-refractivity contribution is 6.17. The van der Waals surface area contributed by atoms with Crippen LogP contribution in [0.4, 0.5) is 13.2 Å². The Morgan fingerprint density at radius 3 is 1.92 bits per heavy atom. The predicted octanol–water partition coefficient (Wildman–Crippen LogP) is 2.21. The molecule has 13 heavy (non-hydrogen) atoms. The van der Waals surface area contributed by atoms with Crippen LogP contribution in [0, 0.1) is 0 Å². The van der Waals surface area contributed by atoms with Crippen LogP contribution in [0.2, 0.25) is 0 Å². The van der Waals surface area contributed by atoms with Crippen molar-refractivity contribution < 1.29 is 22.6 Å². The molecule has 0 amide bonds. The Bertz CT molecular complexity index is 119. The first-order chi connectivity index (χ1) is 6.06. The van der Waals surface area contributed by atoms with E-state index in [1.165, 1.54) is 0 Å². The molecule has 0 aliphatic carbocycles. The molecule has 0 radical (unpaired) electrons. The molecule has 0 aromatic carbocycles. The fraction of sp³-hybridized carbons (Fsp3) is 1.00. The third kappa shape index (κ3) is 12.0. The minimum absolute atomic E-state index is 0.174. The van der Waals surface area contributed by atoms with Gasteiger partial charge in [0.25, 0.3) is 0 Å². The average molecular weight is 221 g/mol. The number of rotatable bonds is 7. The molecule has 0 rings (SSSR count). The van der Waals surface area contributed by atoms with Gasteiger partial charge in [-0.3, -0.25) is 0 Å². The van der Waals surface area contributed by atoms with Crippen molar-refractivity contribution in [2.45, 2.75) is 12.6 Å². The van der Waals surface area contributed by atoms with Crippen LogP contribution in [-0.2, 0) is 9.47 Å². The van der Waals surface area contributed by atoms with Crippen molar-refractivity contribution in [3.05, 3.63) is 0 Å². The molecule has 0 unspecified atom stereocenters. The van der Waals surface area contributed by atoms with Crippen molar-refractivity contribution in [3.63, 3.8) is 0 Å². The molecule has 0 heterocycles. The molecule has 0 saturated carbocycles. The largest absolute Gasteiger partial charge is 0.391 e. The van der Waals surface area contributed by atoms with Gasteiger partial charge in [-0.25, -0.2) is 0 Å². The minimum atomic E-state index is -4.14. The SMILES string of the molecule is FC(F)(F)CCOCCOCCCl. The third-order valence-corrected chi connectivity index (χ3v) is 1.28. The molecule has 80 valence electrons. The van der Waals surface area contributed by atoms with E-state index in [2.05, 4.69) is 4.74 Å². The second-order valence-electron chi connectivity index (χ2n) is 2.28. The Hall–Kier alpha value is 0. The van der Waals surface area contributed by atoms with E-state index in [1.54, 1.807) is 0 Å². The summed E-state index contributed by atoms with van der Waals surface area (Å²) in [5.74, 6) is 0.378. The zero-order valence-electron chi connectivity index (χ0n) is 7.07. The molecule has 0 aromatic heterocycles. The van der Waals surface area contributed by atoms with E-state index in [-0.39, 0.29) is 19.8 Å². The zero-order valence-corrected chi connectivity index (χ0v) is 7.83. The van der Waals surface area contributed by atoms with Crippen molar-refractivity contribution in [1.82, 2.24) is 0 Å². The summed E-state index contributed by atoms with van der Waals surface area (Å²) in [6, 6.07) is 0. The highest BCUT2D eigenvalue weighted by Crippen LogP contribution is 2.18. The van der Waals surface area contributed by atoms with E-state index in [0.29, 0.717) is 12.5 Å². The van der Waals surface area contributed by atoms with Crippen molar-refractivity contribution >= 4 is 11.6 Å². The van der Waals surface area contributed by atoms with Gasteiger partial charge in [0.15, 0.2) is 0 Å². The van der Waals surface area contributed by atoms with Gasteiger partial charge in [-0.15, -0.1) is 11.6 Å². The summed E-state index contributed by atoms with van der Waals surface area (Å²) in [4.78, 5) is 0. The molecule has 0 saturated heterocycles. The maximum atomic E-state index is 11.6. The highest BCUT2D eigenvalue weighted by Gasteiger charge is 2.26. The molecular formula is C7H12ClF3O2. The Kier molecular flexibility index (Phi) is 7.41. The maximum Gasteiger partial charge on any atom is 0.391 e. The second-order valence-corrected chi connectivity index (χ2v) is 2.66. The summed E-state index contributed by atoms with van der Waals surface area (Å²) >= 11 is 5.29.